The van der Waals surface area contributed by atoms with Gasteiger partial charge in [-0.25, -0.2) is 27.8 Å². The molecule has 3 aromatic heterocycles. The Morgan fingerprint density at radius 3 is 2.55 bits per heavy atom. The van der Waals surface area contributed by atoms with Gasteiger partial charge in [-0.05, 0) is 75.5 Å². The third kappa shape index (κ3) is 8.34. The Kier molecular flexibility index (Phi) is 11.4. The van der Waals surface area contributed by atoms with Crippen LogP contribution in [0.5, 0.6) is 0 Å². The normalized spacial score (nSPS) is 27.1. The molecule has 0 aromatic carbocycles. The van der Waals surface area contributed by atoms with Gasteiger partial charge in [-0.15, -0.1) is 0 Å². The summed E-state index contributed by atoms with van der Waals surface area (Å²) in [6.07, 6.45) is 12.7. The summed E-state index contributed by atoms with van der Waals surface area (Å²) in [5.74, 6) is 2.25. The minimum absolute atomic E-state index is 0.00882. The van der Waals surface area contributed by atoms with Crippen molar-refractivity contribution in [2.45, 2.75) is 88.4 Å². The number of alkyl halides is 1. The Bertz CT molecular complexity index is 2010. The molecule has 302 valence electrons. The van der Waals surface area contributed by atoms with Crippen LogP contribution in [0.1, 0.15) is 63.5 Å². The maximum Gasteiger partial charge on any atom is 0.246 e. The third-order valence-corrected chi connectivity index (χ3v) is 13.5. The number of amides is 1. The zero-order chi connectivity index (χ0) is 39.0. The third-order valence-electron chi connectivity index (χ3n) is 12.5. The molecule has 0 spiro atoms. The molecule has 5 atom stereocenters. The maximum atomic E-state index is 15.7. The minimum atomic E-state index is -3.12. The van der Waals surface area contributed by atoms with Gasteiger partial charge in [-0.3, -0.25) is 4.79 Å². The molecule has 5 aliphatic heterocycles. The first-order valence-corrected chi connectivity index (χ1v) is 22.2. The number of sulfone groups is 1. The molecule has 5 saturated heterocycles. The fourth-order valence-corrected chi connectivity index (χ4v) is 10.5. The molecule has 0 bridgehead atoms. The molecule has 5 aliphatic rings. The molecule has 16 heteroatoms. The first-order chi connectivity index (χ1) is 27.0. The van der Waals surface area contributed by atoms with Gasteiger partial charge in [0.1, 0.15) is 33.5 Å². The van der Waals surface area contributed by atoms with Crippen molar-refractivity contribution in [3.63, 3.8) is 0 Å². The Hall–Kier alpha value is -3.99. The van der Waals surface area contributed by atoms with E-state index in [1.54, 1.807) is 18.5 Å². The van der Waals surface area contributed by atoms with Crippen LogP contribution in [0.15, 0.2) is 43.4 Å². The van der Waals surface area contributed by atoms with Gasteiger partial charge < -0.3 is 34.4 Å². The second kappa shape index (κ2) is 16.5. The van der Waals surface area contributed by atoms with Crippen LogP contribution in [-0.4, -0.2) is 139 Å². The van der Waals surface area contributed by atoms with E-state index in [0.717, 1.165) is 87.0 Å². The topological polar surface area (TPSA) is 146 Å². The number of carbonyl (C=O) groups is 1. The number of hydrogen-bond acceptors (Lipinski definition) is 13. The SMILES string of the molecule is C=CC(=O)N1CCC[C@H]1c1cnc(N2C[C@H](CS(C)(=O)=O)[C@H]2C)c2cnc(Nc3ccnc(N4CC[C@@H](OC5CCN(C6CCOCC6)CC5)[C@@H](F)C4)n3)cc12. The number of ether oxygens (including phenoxy) is 2. The van der Waals surface area contributed by atoms with Gasteiger partial charge in [-0.2, -0.15) is 4.98 Å². The number of nitrogens with zero attached hydrogens (tertiary/aromatic N) is 8. The van der Waals surface area contributed by atoms with Crippen LogP contribution < -0.4 is 15.1 Å². The van der Waals surface area contributed by atoms with Crippen LogP contribution in [0.2, 0.25) is 0 Å². The molecule has 0 aliphatic carbocycles. The predicted octanol–water partition coefficient (Wildman–Crippen LogP) is 4.46. The average Bonchev–Trinajstić information content (AvgIpc) is 3.70. The van der Waals surface area contributed by atoms with Crippen LogP contribution in [0.3, 0.4) is 0 Å². The summed E-state index contributed by atoms with van der Waals surface area (Å²) in [5, 5.41) is 5.06. The fourth-order valence-electron chi connectivity index (χ4n) is 9.32. The zero-order valence-corrected chi connectivity index (χ0v) is 33.2. The number of nitrogens with one attached hydrogen (secondary N) is 1. The van der Waals surface area contributed by atoms with E-state index in [2.05, 4.69) is 26.7 Å². The van der Waals surface area contributed by atoms with Crippen LogP contribution >= 0.6 is 0 Å². The number of rotatable bonds is 11. The molecule has 1 amide bonds. The molecule has 5 fully saturated rings. The van der Waals surface area contributed by atoms with Gasteiger partial charge in [0.25, 0.3) is 0 Å². The van der Waals surface area contributed by atoms with Crippen molar-refractivity contribution in [2.24, 2.45) is 5.92 Å². The van der Waals surface area contributed by atoms with E-state index in [1.165, 1.54) is 12.3 Å². The van der Waals surface area contributed by atoms with Crippen LogP contribution in [0.4, 0.5) is 27.8 Å². The first-order valence-electron chi connectivity index (χ1n) is 20.2. The highest BCUT2D eigenvalue weighted by Gasteiger charge is 2.40. The largest absolute Gasteiger partial charge is 0.381 e. The van der Waals surface area contributed by atoms with Crippen molar-refractivity contribution in [1.29, 1.82) is 0 Å². The van der Waals surface area contributed by atoms with Crippen molar-refractivity contribution < 1.29 is 27.1 Å². The molecule has 56 heavy (non-hydrogen) atoms. The van der Waals surface area contributed by atoms with E-state index >= 15 is 4.39 Å². The Morgan fingerprint density at radius 1 is 1.02 bits per heavy atom. The highest BCUT2D eigenvalue weighted by molar-refractivity contribution is 7.90. The average molecular weight is 792 g/mol. The number of anilines is 4. The van der Waals surface area contributed by atoms with E-state index in [1.807, 2.05) is 29.0 Å². The Labute approximate surface area is 328 Å². The van der Waals surface area contributed by atoms with Crippen molar-refractivity contribution in [2.75, 3.05) is 79.6 Å². The number of piperidine rings is 2. The zero-order valence-electron chi connectivity index (χ0n) is 32.4. The van der Waals surface area contributed by atoms with Crippen LogP contribution in [-0.2, 0) is 24.1 Å². The molecule has 8 rings (SSSR count). The van der Waals surface area contributed by atoms with Gasteiger partial charge in [0.2, 0.25) is 11.9 Å². The number of pyridine rings is 2. The van der Waals surface area contributed by atoms with E-state index < -0.39 is 22.1 Å². The summed E-state index contributed by atoms with van der Waals surface area (Å²) in [7, 11) is -3.12. The summed E-state index contributed by atoms with van der Waals surface area (Å²) in [6, 6.07) is 4.11. The van der Waals surface area contributed by atoms with Gasteiger partial charge in [0, 0.05) is 99.7 Å². The van der Waals surface area contributed by atoms with Crippen molar-refractivity contribution in [3.8, 4) is 0 Å². The van der Waals surface area contributed by atoms with Gasteiger partial charge in [-0.1, -0.05) is 6.58 Å². The number of aromatic nitrogens is 4. The van der Waals surface area contributed by atoms with Crippen LogP contribution in [0.25, 0.3) is 10.8 Å². The summed E-state index contributed by atoms with van der Waals surface area (Å²) >= 11 is 0. The Balaban J connectivity index is 0.961. The number of halogens is 1. The highest BCUT2D eigenvalue weighted by Crippen LogP contribution is 2.41. The van der Waals surface area contributed by atoms with E-state index in [9.17, 15) is 13.2 Å². The molecule has 0 unspecified atom stereocenters. The summed E-state index contributed by atoms with van der Waals surface area (Å²) in [4.78, 5) is 40.2. The fraction of sp³-hybridized carbons (Fsp3) is 0.625. The van der Waals surface area contributed by atoms with E-state index in [4.69, 9.17) is 24.4 Å². The second-order valence-electron chi connectivity index (χ2n) is 16.2. The van der Waals surface area contributed by atoms with Gasteiger partial charge >= 0.3 is 0 Å². The number of carbonyl (C=O) groups excluding carboxylic acids is 1. The Morgan fingerprint density at radius 2 is 1.82 bits per heavy atom. The second-order valence-corrected chi connectivity index (χ2v) is 18.3. The smallest absolute Gasteiger partial charge is 0.246 e. The minimum Gasteiger partial charge on any atom is -0.381 e. The molecule has 0 saturated carbocycles. The van der Waals surface area contributed by atoms with Crippen LogP contribution in [0, 0.1) is 5.92 Å². The molecule has 1 N–H and O–H groups in total. The molecule has 14 nitrogen and oxygen atoms in total. The van der Waals surface area contributed by atoms with Crippen molar-refractivity contribution in [3.05, 3.63) is 48.9 Å². The molecule has 0 radical (unpaired) electrons. The molecular weight excluding hydrogens is 738 g/mol. The van der Waals surface area contributed by atoms with E-state index in [0.29, 0.717) is 49.7 Å². The number of likely N-dealkylation sites (tertiary alicyclic amines) is 2. The number of hydrogen-bond donors (Lipinski definition) is 1. The van der Waals surface area contributed by atoms with Gasteiger partial charge in [0.05, 0.1) is 30.5 Å². The lowest BCUT2D eigenvalue weighted by atomic mass is 9.90. The summed E-state index contributed by atoms with van der Waals surface area (Å²) in [6.45, 7) is 11.3. The lowest BCUT2D eigenvalue weighted by Gasteiger charge is -2.47. The lowest BCUT2D eigenvalue weighted by Crippen LogP contribution is -2.57. The first kappa shape index (κ1) is 38.9. The van der Waals surface area contributed by atoms with Crippen molar-refractivity contribution >= 4 is 49.9 Å². The summed E-state index contributed by atoms with van der Waals surface area (Å²) in [5.41, 5.74) is 0.912. The monoisotopic (exact) mass is 791 g/mol. The standard InChI is InChI=1S/C40H54FN9O5S/c1-4-38(51)49-14-5-6-34(49)31-21-44-39(50-23-27(26(50)2)25-56(3,52)53)32-22-43-37(20-30(31)32)45-36-7-13-42-40(46-36)48-17-10-35(33(41)24-48)55-29-8-15-47(16-9-29)28-11-18-54-19-12-28/h4,7,13,20-22,26-29,33-35H,1,5-6,8-12,14-19,23-25H2,2-3H3,(H,42,43,45,46)/t26-,27-,33+,34+,35-/m1/s1. The van der Waals surface area contributed by atoms with Crippen molar-refractivity contribution in [1.82, 2.24) is 29.7 Å². The van der Waals surface area contributed by atoms with E-state index in [-0.39, 0.29) is 42.3 Å². The lowest BCUT2D eigenvalue weighted by molar-refractivity contribution is -0.126. The van der Waals surface area contributed by atoms with Gasteiger partial charge in [0.15, 0.2) is 0 Å². The maximum absolute atomic E-state index is 15.7. The predicted molar refractivity (Wildman–Crippen MR) is 214 cm³/mol. The summed E-state index contributed by atoms with van der Waals surface area (Å²) < 4.78 is 51.7. The molecule has 3 aromatic rings. The quantitative estimate of drug-likeness (QED) is 0.273. The number of fused-ring (bicyclic) bond motifs is 1. The molecule has 8 heterocycles. The molecular formula is C40H54FN9O5S. The highest BCUT2D eigenvalue weighted by atomic mass is 32.2.